The van der Waals surface area contributed by atoms with Gasteiger partial charge in [0.1, 0.15) is 17.9 Å². The van der Waals surface area contributed by atoms with Crippen LogP contribution in [0, 0.1) is 12.7 Å². The van der Waals surface area contributed by atoms with Crippen LogP contribution >= 0.6 is 0 Å². The molecule has 0 aliphatic heterocycles. The lowest BCUT2D eigenvalue weighted by Crippen LogP contribution is -2.28. The highest BCUT2D eigenvalue weighted by atomic mass is 19.1. The van der Waals surface area contributed by atoms with E-state index < -0.39 is 11.7 Å². The third kappa shape index (κ3) is 3.42. The quantitative estimate of drug-likeness (QED) is 0.594. The number of halogens is 1. The number of nitrogens with zero attached hydrogens (tertiary/aromatic N) is 3. The average Bonchev–Trinajstić information content (AvgIpc) is 3.12. The van der Waals surface area contributed by atoms with Gasteiger partial charge in [-0.2, -0.15) is 5.10 Å². The molecule has 1 amide bonds. The van der Waals surface area contributed by atoms with Gasteiger partial charge >= 0.3 is 0 Å². The van der Waals surface area contributed by atoms with Crippen molar-refractivity contribution in [3.63, 3.8) is 0 Å². The Morgan fingerprint density at radius 3 is 2.61 bits per heavy atom. The van der Waals surface area contributed by atoms with Crippen LogP contribution < -0.4 is 10.9 Å². The number of aryl methyl sites for hydroxylation is 1. The third-order valence-corrected chi connectivity index (χ3v) is 4.41. The smallest absolute Gasteiger partial charge is 0.277 e. The van der Waals surface area contributed by atoms with Crippen LogP contribution in [-0.2, 0) is 11.3 Å². The zero-order chi connectivity index (χ0) is 19.7. The fraction of sp³-hybridized carbons (Fsp3) is 0.0952. The molecule has 0 unspecified atom stereocenters. The molecule has 140 valence electrons. The molecule has 4 rings (SSSR count). The molecule has 1 N–H and O–H groups in total. The molecule has 0 atom stereocenters. The van der Waals surface area contributed by atoms with Gasteiger partial charge in [0.2, 0.25) is 5.91 Å². The van der Waals surface area contributed by atoms with E-state index in [1.807, 2.05) is 31.2 Å². The number of hydrogen-bond donors (Lipinski definition) is 1. The van der Waals surface area contributed by atoms with E-state index in [4.69, 9.17) is 0 Å². The van der Waals surface area contributed by atoms with Crippen LogP contribution in [0.25, 0.3) is 16.8 Å². The van der Waals surface area contributed by atoms with Gasteiger partial charge in [-0.15, -0.1) is 0 Å². The van der Waals surface area contributed by atoms with Gasteiger partial charge in [-0.1, -0.05) is 42.0 Å². The molecule has 7 heteroatoms. The van der Waals surface area contributed by atoms with Crippen molar-refractivity contribution in [3.05, 3.63) is 88.7 Å². The molecule has 0 aliphatic rings. The fourth-order valence-electron chi connectivity index (χ4n) is 2.92. The van der Waals surface area contributed by atoms with Crippen molar-refractivity contribution in [2.45, 2.75) is 13.5 Å². The number of para-hydroxylation sites is 1. The molecule has 0 bridgehead atoms. The van der Waals surface area contributed by atoms with E-state index in [-0.39, 0.29) is 17.8 Å². The van der Waals surface area contributed by atoms with Crippen LogP contribution in [0.3, 0.4) is 0 Å². The van der Waals surface area contributed by atoms with Gasteiger partial charge in [0.15, 0.2) is 0 Å². The summed E-state index contributed by atoms with van der Waals surface area (Å²) in [6, 6.07) is 15.4. The highest BCUT2D eigenvalue weighted by Crippen LogP contribution is 2.19. The van der Waals surface area contributed by atoms with Gasteiger partial charge in [0.05, 0.1) is 11.4 Å². The summed E-state index contributed by atoms with van der Waals surface area (Å²) in [5, 5.41) is 6.90. The van der Waals surface area contributed by atoms with Gasteiger partial charge in [0, 0.05) is 18.0 Å². The van der Waals surface area contributed by atoms with Gasteiger partial charge in [-0.3, -0.25) is 9.59 Å². The van der Waals surface area contributed by atoms with E-state index in [9.17, 15) is 14.0 Å². The number of carbonyl (C=O) groups is 1. The maximum absolute atomic E-state index is 13.7. The van der Waals surface area contributed by atoms with E-state index in [0.717, 1.165) is 11.1 Å². The highest BCUT2D eigenvalue weighted by molar-refractivity contribution is 5.90. The molecule has 2 heterocycles. The second-order valence-electron chi connectivity index (χ2n) is 6.48. The summed E-state index contributed by atoms with van der Waals surface area (Å²) in [4.78, 5) is 25.0. The highest BCUT2D eigenvalue weighted by Gasteiger charge is 2.12. The van der Waals surface area contributed by atoms with Gasteiger partial charge in [-0.25, -0.2) is 8.91 Å². The zero-order valence-electron chi connectivity index (χ0n) is 15.1. The summed E-state index contributed by atoms with van der Waals surface area (Å²) < 4.78 is 16.4. The Bertz CT molecular complexity index is 1230. The molecule has 0 aliphatic carbocycles. The first-order valence-corrected chi connectivity index (χ1v) is 8.71. The Balaban J connectivity index is 1.61. The average molecular weight is 376 g/mol. The molecular formula is C21H17FN4O2. The number of benzene rings is 2. The predicted octanol–water partition coefficient (Wildman–Crippen LogP) is 3.25. The van der Waals surface area contributed by atoms with Crippen LogP contribution in [0.2, 0.25) is 0 Å². The van der Waals surface area contributed by atoms with Crippen molar-refractivity contribution in [2.24, 2.45) is 0 Å². The lowest BCUT2D eigenvalue weighted by molar-refractivity contribution is -0.116. The molecule has 2 aromatic carbocycles. The first kappa shape index (κ1) is 17.7. The van der Waals surface area contributed by atoms with E-state index >= 15 is 0 Å². The van der Waals surface area contributed by atoms with E-state index in [2.05, 4.69) is 10.4 Å². The number of nitrogens with one attached hydrogen (secondary N) is 1. The maximum Gasteiger partial charge on any atom is 0.277 e. The minimum Gasteiger partial charge on any atom is -0.322 e. The number of fused-ring (bicyclic) bond motifs is 1. The maximum atomic E-state index is 13.7. The van der Waals surface area contributed by atoms with Gasteiger partial charge in [0.25, 0.3) is 5.56 Å². The molecule has 2 aromatic heterocycles. The number of rotatable bonds is 4. The van der Waals surface area contributed by atoms with Crippen molar-refractivity contribution < 1.29 is 9.18 Å². The topological polar surface area (TPSA) is 68.4 Å². The molecule has 28 heavy (non-hydrogen) atoms. The zero-order valence-corrected chi connectivity index (χ0v) is 15.1. The molecular weight excluding hydrogens is 359 g/mol. The predicted molar refractivity (Wildman–Crippen MR) is 105 cm³/mol. The van der Waals surface area contributed by atoms with Crippen LogP contribution in [0.4, 0.5) is 10.1 Å². The first-order chi connectivity index (χ1) is 13.5. The van der Waals surface area contributed by atoms with Crippen LogP contribution in [-0.4, -0.2) is 20.1 Å². The van der Waals surface area contributed by atoms with Crippen LogP contribution in [0.1, 0.15) is 5.56 Å². The van der Waals surface area contributed by atoms with Crippen LogP contribution in [0.15, 0.2) is 71.8 Å². The number of anilines is 1. The molecule has 0 saturated carbocycles. The number of aromatic nitrogens is 3. The van der Waals surface area contributed by atoms with Gasteiger partial charge < -0.3 is 9.88 Å². The number of hydrogen-bond acceptors (Lipinski definition) is 3. The van der Waals surface area contributed by atoms with Crippen molar-refractivity contribution in [3.8, 4) is 11.3 Å². The number of carbonyl (C=O) groups excluding carboxylic acids is 1. The summed E-state index contributed by atoms with van der Waals surface area (Å²) in [6.45, 7) is 1.77. The lowest BCUT2D eigenvalue weighted by atomic mass is 10.1. The van der Waals surface area contributed by atoms with E-state index in [1.54, 1.807) is 18.3 Å². The molecule has 0 fully saturated rings. The van der Waals surface area contributed by atoms with Crippen LogP contribution in [0.5, 0.6) is 0 Å². The van der Waals surface area contributed by atoms with E-state index in [1.165, 1.54) is 33.5 Å². The Hall–Kier alpha value is -3.74. The minimum atomic E-state index is -0.530. The minimum absolute atomic E-state index is 0.0765. The first-order valence-electron chi connectivity index (χ1n) is 8.71. The molecule has 6 nitrogen and oxygen atoms in total. The van der Waals surface area contributed by atoms with Crippen molar-refractivity contribution >= 4 is 17.1 Å². The molecule has 4 aromatic rings. The SMILES string of the molecule is Cc1ccc(-c2cc3c(=O)n(CC(=O)Nc4ccccc4F)ccn3n2)cc1. The Morgan fingerprint density at radius 2 is 1.86 bits per heavy atom. The number of amides is 1. The Kier molecular flexibility index (Phi) is 4.49. The van der Waals surface area contributed by atoms with Crippen molar-refractivity contribution in [1.29, 1.82) is 0 Å². The summed E-state index contributed by atoms with van der Waals surface area (Å²) in [7, 11) is 0. The van der Waals surface area contributed by atoms with Gasteiger partial charge in [-0.05, 0) is 25.1 Å². The van der Waals surface area contributed by atoms with Crippen molar-refractivity contribution in [2.75, 3.05) is 5.32 Å². The summed E-state index contributed by atoms with van der Waals surface area (Å²) in [5.41, 5.74) is 2.79. The second kappa shape index (κ2) is 7.11. The monoisotopic (exact) mass is 376 g/mol. The van der Waals surface area contributed by atoms with E-state index in [0.29, 0.717) is 11.2 Å². The molecule has 0 saturated heterocycles. The molecule has 0 spiro atoms. The second-order valence-corrected chi connectivity index (χ2v) is 6.48. The summed E-state index contributed by atoms with van der Waals surface area (Å²) >= 11 is 0. The lowest BCUT2D eigenvalue weighted by Gasteiger charge is -2.08. The fourth-order valence-corrected chi connectivity index (χ4v) is 2.92. The molecule has 0 radical (unpaired) electrons. The summed E-state index contributed by atoms with van der Waals surface area (Å²) in [5.74, 6) is -1.02. The Morgan fingerprint density at radius 1 is 1.11 bits per heavy atom. The standard InChI is InChI=1S/C21H17FN4O2/c1-14-6-8-15(9-7-14)18-12-19-21(28)25(10-11-26(19)24-18)13-20(27)23-17-5-3-2-4-16(17)22/h2-12H,13H2,1H3,(H,23,27). The Labute approximate surface area is 159 Å². The largest absolute Gasteiger partial charge is 0.322 e. The normalized spacial score (nSPS) is 10.9. The summed E-state index contributed by atoms with van der Waals surface area (Å²) in [6.07, 6.45) is 3.10. The van der Waals surface area contributed by atoms with Crippen molar-refractivity contribution in [1.82, 2.24) is 14.2 Å². The third-order valence-electron chi connectivity index (χ3n) is 4.41.